The van der Waals surface area contributed by atoms with Crippen LogP contribution in [-0.4, -0.2) is 111 Å². The topological polar surface area (TPSA) is 229 Å². The van der Waals surface area contributed by atoms with E-state index in [1.165, 1.54) is 29.9 Å². The fourth-order valence-electron chi connectivity index (χ4n) is 5.60. The molecule has 0 amide bonds. The molecule has 0 saturated carbocycles. The molecule has 20 heteroatoms. The molecule has 3 aliphatic heterocycles. The number of aliphatic hydroxyl groups is 3. The quantitative estimate of drug-likeness (QED) is 0.0817. The van der Waals surface area contributed by atoms with Crippen LogP contribution >= 0.6 is 19.0 Å². The molecule has 2 saturated heterocycles. The second-order valence-corrected chi connectivity index (χ2v) is 13.6. The minimum absolute atomic E-state index is 0.182. The highest BCUT2D eigenvalue weighted by molar-refractivity contribution is 8.45. The lowest BCUT2D eigenvalue weighted by Gasteiger charge is -2.25. The summed E-state index contributed by atoms with van der Waals surface area (Å²) in [5, 5.41) is 41.2. The van der Waals surface area contributed by atoms with E-state index in [0.29, 0.717) is 47.1 Å². The molecule has 4 aromatic heterocycles. The van der Waals surface area contributed by atoms with Crippen molar-refractivity contribution in [1.82, 2.24) is 44.1 Å². The van der Waals surface area contributed by atoms with Crippen molar-refractivity contribution in [3.63, 3.8) is 0 Å². The van der Waals surface area contributed by atoms with Crippen LogP contribution in [0.25, 0.3) is 22.3 Å². The van der Waals surface area contributed by atoms with Gasteiger partial charge in [0.25, 0.3) is 0 Å². The molecule has 234 valence electrons. The van der Waals surface area contributed by atoms with E-state index in [0.717, 1.165) is 0 Å². The molecule has 2 fully saturated rings. The van der Waals surface area contributed by atoms with Crippen LogP contribution in [0.15, 0.2) is 37.5 Å². The molecule has 7 heterocycles. The van der Waals surface area contributed by atoms with Gasteiger partial charge in [0, 0.05) is 19.5 Å². The average Bonchev–Trinajstić information content (AvgIpc) is 3.78. The van der Waals surface area contributed by atoms with Crippen molar-refractivity contribution in [2.24, 2.45) is 0 Å². The van der Waals surface area contributed by atoms with Crippen LogP contribution in [0.4, 0.5) is 11.6 Å². The summed E-state index contributed by atoms with van der Waals surface area (Å²) < 4.78 is 34.2. The minimum Gasteiger partial charge on any atom is -0.394 e. The highest BCUT2D eigenvalue weighted by atomic mass is 32.7. The third kappa shape index (κ3) is 5.44. The summed E-state index contributed by atoms with van der Waals surface area (Å²) in [5.41, 5.74) is 1.79. The van der Waals surface area contributed by atoms with E-state index in [1.807, 2.05) is 12.2 Å². The molecule has 7 rings (SSSR count). The van der Waals surface area contributed by atoms with E-state index in [9.17, 15) is 19.9 Å². The van der Waals surface area contributed by atoms with Gasteiger partial charge >= 0.3 is 6.72 Å². The highest BCUT2D eigenvalue weighted by Crippen LogP contribution is 2.50. The number of aromatic nitrogens is 8. The highest BCUT2D eigenvalue weighted by Gasteiger charge is 2.47. The molecule has 0 spiro atoms. The van der Waals surface area contributed by atoms with E-state index in [2.05, 4.69) is 57.9 Å². The fourth-order valence-corrected chi connectivity index (χ4v) is 7.34. The standard InChI is InChI=1S/C24H30N11O7PS/c36-6-14-15-18(38)24(42-14)35-11-32-17-20(28-9-30-22(17)35)26-4-2-1-3-25-19-16-21(29-8-27-19)34(10-31-16)23-13(37)5-12(41-23)7-40-43(39,44)33-15/h1-2,8-15,18,23-24,36-38H,3-7H2,(H,25,27,29)(H,26,28,30)(H2,33,39,44)/b2-1+/t12?,13-,14?,15?,18?,23?,24?,43+/m1/s1. The Morgan fingerprint density at radius 2 is 1.52 bits per heavy atom. The zero-order chi connectivity index (χ0) is 30.4. The Kier molecular flexibility index (Phi) is 7.98. The van der Waals surface area contributed by atoms with Crippen molar-refractivity contribution in [3.8, 4) is 0 Å². The number of hydrogen-bond donors (Lipinski definition) is 7. The number of hydrogen-bond acceptors (Lipinski definition) is 15. The summed E-state index contributed by atoms with van der Waals surface area (Å²) in [4.78, 5) is 26.1. The number of ether oxygens (including phenoxy) is 2. The zero-order valence-corrected chi connectivity index (χ0v) is 24.8. The molecule has 0 aromatic carbocycles. The molecule has 6 N–H and O–H groups in total. The maximum absolute atomic E-state index is 13.4. The number of imidazole rings is 2. The van der Waals surface area contributed by atoms with Gasteiger partial charge in [-0.1, -0.05) is 24.4 Å². The van der Waals surface area contributed by atoms with Crippen molar-refractivity contribution >= 4 is 52.9 Å². The van der Waals surface area contributed by atoms with Crippen molar-refractivity contribution in [1.29, 1.82) is 0 Å². The summed E-state index contributed by atoms with van der Waals surface area (Å²) in [6.45, 7) is -3.69. The number of aliphatic hydroxyl groups excluding tert-OH is 3. The summed E-state index contributed by atoms with van der Waals surface area (Å²) >= 11 is 4.21. The number of nitrogens with zero attached hydrogens (tertiary/aromatic N) is 8. The van der Waals surface area contributed by atoms with Crippen LogP contribution in [0.1, 0.15) is 18.9 Å². The Balaban J connectivity index is 1.20. The van der Waals surface area contributed by atoms with E-state index in [1.54, 1.807) is 4.57 Å². The first-order valence-electron chi connectivity index (χ1n) is 13.8. The molecular weight excluding hydrogens is 617 g/mol. The number of rotatable bonds is 1. The lowest BCUT2D eigenvalue weighted by Crippen LogP contribution is -2.43. The molecule has 0 radical (unpaired) electrons. The third-order valence-corrected chi connectivity index (χ3v) is 9.49. The molecule has 12 bridgehead atoms. The zero-order valence-electron chi connectivity index (χ0n) is 23.0. The number of anilines is 2. The summed E-state index contributed by atoms with van der Waals surface area (Å²) in [6.07, 6.45) is 4.05. The van der Waals surface area contributed by atoms with Crippen molar-refractivity contribution in [2.75, 3.05) is 36.9 Å². The molecule has 0 aliphatic carbocycles. The maximum atomic E-state index is 13.4. The van der Waals surface area contributed by atoms with Crippen LogP contribution in [0.3, 0.4) is 0 Å². The summed E-state index contributed by atoms with van der Waals surface area (Å²) in [6, 6.07) is -1.02. The van der Waals surface area contributed by atoms with Crippen molar-refractivity contribution in [2.45, 2.75) is 49.3 Å². The molecule has 44 heavy (non-hydrogen) atoms. The second-order valence-electron chi connectivity index (χ2n) is 10.5. The predicted molar refractivity (Wildman–Crippen MR) is 158 cm³/mol. The predicted octanol–water partition coefficient (Wildman–Crippen LogP) is -0.0285. The monoisotopic (exact) mass is 647 g/mol. The van der Waals surface area contributed by atoms with Gasteiger partial charge in [-0.2, -0.15) is 0 Å². The molecule has 4 aromatic rings. The Hall–Kier alpha value is -3.26. The number of thiol groups is 1. The van der Waals surface area contributed by atoms with Crippen LogP contribution in [-0.2, 0) is 18.6 Å². The molecule has 18 nitrogen and oxygen atoms in total. The third-order valence-electron chi connectivity index (χ3n) is 7.68. The largest absolute Gasteiger partial charge is 0.394 e. The minimum atomic E-state index is -3.88. The summed E-state index contributed by atoms with van der Waals surface area (Å²) in [7, 11) is 0. The van der Waals surface area contributed by atoms with Gasteiger partial charge in [-0.05, 0) is 0 Å². The molecule has 3 aliphatic rings. The lowest BCUT2D eigenvalue weighted by molar-refractivity contribution is -0.0489. The fraction of sp³-hybridized carbons (Fsp3) is 0.500. The molecular formula is C24H30N11O7PS. The van der Waals surface area contributed by atoms with E-state index >= 15 is 0 Å². The van der Waals surface area contributed by atoms with Gasteiger partial charge < -0.3 is 40.0 Å². The first kappa shape index (κ1) is 29.5. The van der Waals surface area contributed by atoms with Crippen LogP contribution in [0.2, 0.25) is 0 Å². The first-order valence-corrected chi connectivity index (χ1v) is 16.6. The number of nitrogens with one attached hydrogen (secondary N) is 3. The Labute approximate surface area is 254 Å². The van der Waals surface area contributed by atoms with Crippen LogP contribution in [0.5, 0.6) is 0 Å². The van der Waals surface area contributed by atoms with Gasteiger partial charge in [0.1, 0.15) is 31.0 Å². The smallest absolute Gasteiger partial charge is 0.324 e. The maximum Gasteiger partial charge on any atom is 0.324 e. The second kappa shape index (κ2) is 11.9. The Morgan fingerprint density at radius 3 is 2.14 bits per heavy atom. The first-order chi connectivity index (χ1) is 21.3. The van der Waals surface area contributed by atoms with Gasteiger partial charge in [0.2, 0.25) is 0 Å². The van der Waals surface area contributed by atoms with E-state index < -0.39 is 56.2 Å². The van der Waals surface area contributed by atoms with E-state index in [-0.39, 0.29) is 13.0 Å². The van der Waals surface area contributed by atoms with Crippen LogP contribution < -0.4 is 15.7 Å². The van der Waals surface area contributed by atoms with Gasteiger partial charge in [-0.3, -0.25) is 13.7 Å². The van der Waals surface area contributed by atoms with E-state index in [4.69, 9.17) is 14.0 Å². The Morgan fingerprint density at radius 1 is 0.909 bits per heavy atom. The SMILES string of the molecule is O=[P@@]1(S)NC2C(CO)OC(C2O)n2cnc3c(ncnc32)NC/C=C/CNc2ncnc3c2ncn3C2OC(CO1)C[C@H]2O. The van der Waals surface area contributed by atoms with Crippen LogP contribution in [0, 0.1) is 0 Å². The van der Waals surface area contributed by atoms with Crippen molar-refractivity contribution < 1.29 is 33.9 Å². The van der Waals surface area contributed by atoms with Gasteiger partial charge in [0.15, 0.2) is 46.4 Å². The summed E-state index contributed by atoms with van der Waals surface area (Å²) in [5.74, 6) is 0.982. The average molecular weight is 648 g/mol. The van der Waals surface area contributed by atoms with Crippen molar-refractivity contribution in [3.05, 3.63) is 37.5 Å². The lowest BCUT2D eigenvalue weighted by atomic mass is 10.1. The molecule has 6 unspecified atom stereocenters. The number of fused-ring (bicyclic) bond motifs is 6. The molecule has 8 atom stereocenters. The normalized spacial score (nSPS) is 33.8. The van der Waals surface area contributed by atoms with Gasteiger partial charge in [-0.25, -0.2) is 35.0 Å². The Bertz CT molecular complexity index is 1740. The van der Waals surface area contributed by atoms with Gasteiger partial charge in [-0.15, -0.1) is 0 Å². The van der Waals surface area contributed by atoms with Gasteiger partial charge in [0.05, 0.1) is 38.0 Å².